The van der Waals surface area contributed by atoms with E-state index in [1.165, 1.54) is 12.1 Å². The summed E-state index contributed by atoms with van der Waals surface area (Å²) in [6.07, 6.45) is 0.733. The zero-order valence-electron chi connectivity index (χ0n) is 14.9. The van der Waals surface area contributed by atoms with E-state index in [1.807, 2.05) is 0 Å². The summed E-state index contributed by atoms with van der Waals surface area (Å²) in [5, 5.41) is 6.15. The van der Waals surface area contributed by atoms with Crippen LogP contribution >= 0.6 is 11.6 Å². The van der Waals surface area contributed by atoms with Gasteiger partial charge in [0.25, 0.3) is 5.91 Å². The van der Waals surface area contributed by atoms with Crippen LogP contribution in [0.15, 0.2) is 72.8 Å². The highest BCUT2D eigenvalue weighted by molar-refractivity contribution is 6.30. The normalized spacial score (nSPS) is 10.4. The molecule has 0 aliphatic heterocycles. The molecule has 28 heavy (non-hydrogen) atoms. The quantitative estimate of drug-likeness (QED) is 0.593. The number of aryl methyl sites for hydroxylation is 1. The Morgan fingerprint density at radius 2 is 1.43 bits per heavy atom. The Kier molecular flexibility index (Phi) is 6.40. The first-order valence-electron chi connectivity index (χ1n) is 8.71. The van der Waals surface area contributed by atoms with Gasteiger partial charge in [0.1, 0.15) is 5.82 Å². The highest BCUT2D eigenvalue weighted by Gasteiger charge is 2.11. The summed E-state index contributed by atoms with van der Waals surface area (Å²) >= 11 is 5.84. The molecule has 3 rings (SSSR count). The van der Waals surface area contributed by atoms with Crippen molar-refractivity contribution in [3.8, 4) is 0 Å². The molecule has 0 fully saturated rings. The molecular weight excluding hydrogens is 379 g/mol. The second-order valence-corrected chi connectivity index (χ2v) is 6.62. The average molecular weight is 397 g/mol. The molecule has 0 radical (unpaired) electrons. The minimum Gasteiger partial charge on any atom is -0.324 e. The van der Waals surface area contributed by atoms with Crippen LogP contribution in [0.2, 0.25) is 5.02 Å². The van der Waals surface area contributed by atoms with E-state index in [1.54, 1.807) is 60.7 Å². The van der Waals surface area contributed by atoms with Gasteiger partial charge in [-0.15, -0.1) is 0 Å². The van der Waals surface area contributed by atoms with Crippen LogP contribution in [0.1, 0.15) is 22.3 Å². The third kappa shape index (κ3) is 5.41. The summed E-state index contributed by atoms with van der Waals surface area (Å²) in [6, 6.07) is 19.5. The lowest BCUT2D eigenvalue weighted by molar-refractivity contribution is -0.116. The van der Waals surface area contributed by atoms with Gasteiger partial charge in [0.2, 0.25) is 5.91 Å². The maximum atomic E-state index is 12.9. The SMILES string of the molecule is O=C(CCc1ccc(F)cc1)Nc1ccccc1NC(=O)c1ccc(Cl)cc1. The number of nitrogens with one attached hydrogen (secondary N) is 2. The number of hydrogen-bond donors (Lipinski definition) is 2. The van der Waals surface area contributed by atoms with Crippen molar-refractivity contribution >= 4 is 34.8 Å². The molecule has 3 aromatic rings. The average Bonchev–Trinajstić information content (AvgIpc) is 2.69. The standard InChI is InChI=1S/C22H18ClFN2O2/c23-17-10-8-16(9-11-17)22(28)26-20-4-2-1-3-19(20)25-21(27)14-7-15-5-12-18(24)13-6-15/h1-6,8-13H,7,14H2,(H,25,27)(H,26,28). The fraction of sp³-hybridized carbons (Fsp3) is 0.0909. The van der Waals surface area contributed by atoms with Crippen molar-refractivity contribution in [2.75, 3.05) is 10.6 Å². The van der Waals surface area contributed by atoms with Crippen LogP contribution in [0, 0.1) is 5.82 Å². The Morgan fingerprint density at radius 1 is 0.821 bits per heavy atom. The fourth-order valence-corrected chi connectivity index (χ4v) is 2.74. The van der Waals surface area contributed by atoms with Crippen molar-refractivity contribution in [2.45, 2.75) is 12.8 Å². The third-order valence-corrected chi connectivity index (χ3v) is 4.36. The van der Waals surface area contributed by atoms with Gasteiger partial charge in [-0.1, -0.05) is 35.9 Å². The summed E-state index contributed by atoms with van der Waals surface area (Å²) in [5.74, 6) is -0.805. The third-order valence-electron chi connectivity index (χ3n) is 4.11. The smallest absolute Gasteiger partial charge is 0.255 e. The second-order valence-electron chi connectivity index (χ2n) is 6.18. The minimum absolute atomic E-state index is 0.197. The van der Waals surface area contributed by atoms with E-state index in [-0.39, 0.29) is 24.1 Å². The number of benzene rings is 3. The maximum absolute atomic E-state index is 12.9. The first kappa shape index (κ1) is 19.6. The molecule has 0 aliphatic rings. The number of carbonyl (C=O) groups is 2. The fourth-order valence-electron chi connectivity index (χ4n) is 2.62. The minimum atomic E-state index is -0.307. The molecule has 0 aromatic heterocycles. The second kappa shape index (κ2) is 9.15. The van der Waals surface area contributed by atoms with Gasteiger partial charge >= 0.3 is 0 Å². The Balaban J connectivity index is 1.62. The number of carbonyl (C=O) groups excluding carboxylic acids is 2. The first-order valence-corrected chi connectivity index (χ1v) is 9.09. The molecule has 0 saturated carbocycles. The molecule has 3 aromatic carbocycles. The number of hydrogen-bond acceptors (Lipinski definition) is 2. The lowest BCUT2D eigenvalue weighted by Gasteiger charge is -2.12. The van der Waals surface area contributed by atoms with Gasteiger partial charge in [-0.2, -0.15) is 0 Å². The molecule has 0 heterocycles. The Labute approximate surface area is 167 Å². The van der Waals surface area contributed by atoms with Gasteiger partial charge in [-0.05, 0) is 60.5 Å². The summed E-state index contributed by atoms with van der Waals surface area (Å²) in [7, 11) is 0. The van der Waals surface area contributed by atoms with Crippen LogP contribution < -0.4 is 10.6 Å². The summed E-state index contributed by atoms with van der Waals surface area (Å²) in [4.78, 5) is 24.7. The van der Waals surface area contributed by atoms with Gasteiger partial charge in [-0.25, -0.2) is 4.39 Å². The van der Waals surface area contributed by atoms with Crippen LogP contribution in [0.4, 0.5) is 15.8 Å². The lowest BCUT2D eigenvalue weighted by atomic mass is 10.1. The summed E-state index contributed by atoms with van der Waals surface area (Å²) in [6.45, 7) is 0. The lowest BCUT2D eigenvalue weighted by Crippen LogP contribution is -2.17. The van der Waals surface area contributed by atoms with Crippen molar-refractivity contribution in [2.24, 2.45) is 0 Å². The number of anilines is 2. The van der Waals surface area contributed by atoms with Gasteiger partial charge in [0, 0.05) is 17.0 Å². The molecule has 2 amide bonds. The largest absolute Gasteiger partial charge is 0.324 e. The molecule has 0 saturated heterocycles. The summed E-state index contributed by atoms with van der Waals surface area (Å²) < 4.78 is 12.9. The van der Waals surface area contributed by atoms with Crippen LogP contribution in [0.25, 0.3) is 0 Å². The molecule has 0 atom stereocenters. The van der Waals surface area contributed by atoms with Gasteiger partial charge in [-0.3, -0.25) is 9.59 Å². The van der Waals surface area contributed by atoms with Crippen LogP contribution in [0.3, 0.4) is 0 Å². The molecule has 2 N–H and O–H groups in total. The van der Waals surface area contributed by atoms with Gasteiger partial charge < -0.3 is 10.6 Å². The zero-order valence-corrected chi connectivity index (χ0v) is 15.7. The molecule has 4 nitrogen and oxygen atoms in total. The number of para-hydroxylation sites is 2. The van der Waals surface area contributed by atoms with Crippen molar-refractivity contribution in [3.05, 3.63) is 94.8 Å². The first-order chi connectivity index (χ1) is 13.5. The monoisotopic (exact) mass is 396 g/mol. The van der Waals surface area contributed by atoms with E-state index in [0.29, 0.717) is 28.4 Å². The molecule has 0 unspecified atom stereocenters. The van der Waals surface area contributed by atoms with E-state index >= 15 is 0 Å². The van der Waals surface area contributed by atoms with Crippen molar-refractivity contribution in [1.29, 1.82) is 0 Å². The van der Waals surface area contributed by atoms with E-state index in [2.05, 4.69) is 10.6 Å². The number of amides is 2. The predicted octanol–water partition coefficient (Wildman–Crippen LogP) is 5.30. The topological polar surface area (TPSA) is 58.2 Å². The molecule has 0 aliphatic carbocycles. The van der Waals surface area contributed by atoms with Crippen LogP contribution in [-0.2, 0) is 11.2 Å². The Morgan fingerprint density at radius 3 is 2.07 bits per heavy atom. The molecule has 6 heteroatoms. The number of rotatable bonds is 6. The number of halogens is 2. The summed E-state index contributed by atoms with van der Waals surface area (Å²) in [5.41, 5.74) is 2.34. The van der Waals surface area contributed by atoms with Gasteiger partial charge in [0.15, 0.2) is 0 Å². The van der Waals surface area contributed by atoms with E-state index in [4.69, 9.17) is 11.6 Å². The van der Waals surface area contributed by atoms with Crippen molar-refractivity contribution in [3.63, 3.8) is 0 Å². The molecule has 0 bridgehead atoms. The maximum Gasteiger partial charge on any atom is 0.255 e. The van der Waals surface area contributed by atoms with E-state index in [0.717, 1.165) is 5.56 Å². The highest BCUT2D eigenvalue weighted by Crippen LogP contribution is 2.22. The van der Waals surface area contributed by atoms with Crippen molar-refractivity contribution in [1.82, 2.24) is 0 Å². The predicted molar refractivity (Wildman–Crippen MR) is 109 cm³/mol. The van der Waals surface area contributed by atoms with Crippen molar-refractivity contribution < 1.29 is 14.0 Å². The van der Waals surface area contributed by atoms with Crippen LogP contribution in [0.5, 0.6) is 0 Å². The Hall–Kier alpha value is -3.18. The molecule has 0 spiro atoms. The zero-order chi connectivity index (χ0) is 19.9. The van der Waals surface area contributed by atoms with E-state index < -0.39 is 0 Å². The molecule has 142 valence electrons. The van der Waals surface area contributed by atoms with E-state index in [9.17, 15) is 14.0 Å². The van der Waals surface area contributed by atoms with Crippen LogP contribution in [-0.4, -0.2) is 11.8 Å². The molecular formula is C22H18ClFN2O2. The highest BCUT2D eigenvalue weighted by atomic mass is 35.5. The van der Waals surface area contributed by atoms with Gasteiger partial charge in [0.05, 0.1) is 11.4 Å². The Bertz CT molecular complexity index is 973.